The quantitative estimate of drug-likeness (QED) is 0.357. The van der Waals surface area contributed by atoms with Crippen LogP contribution in [0.25, 0.3) is 0 Å². The van der Waals surface area contributed by atoms with Gasteiger partial charge < -0.3 is 20.1 Å². The molecule has 35 heavy (non-hydrogen) atoms. The van der Waals surface area contributed by atoms with Gasteiger partial charge in [0.1, 0.15) is 0 Å². The minimum absolute atomic E-state index is 0.0137. The molecule has 0 saturated carbocycles. The second kappa shape index (κ2) is 14.3. The molecule has 0 saturated heterocycles. The van der Waals surface area contributed by atoms with Gasteiger partial charge >= 0.3 is 11.9 Å². The first-order chi connectivity index (χ1) is 16.7. The second-order valence-electron chi connectivity index (χ2n) is 8.34. The maximum Gasteiger partial charge on any atom is 0.338 e. The lowest BCUT2D eigenvalue weighted by atomic mass is 10.1. The molecule has 0 aliphatic rings. The molecule has 0 aliphatic heterocycles. The third kappa shape index (κ3) is 10.3. The van der Waals surface area contributed by atoms with Crippen molar-refractivity contribution in [3.63, 3.8) is 0 Å². The molecule has 0 aromatic heterocycles. The van der Waals surface area contributed by atoms with Gasteiger partial charge in [-0.05, 0) is 66.8 Å². The van der Waals surface area contributed by atoms with Gasteiger partial charge in [-0.15, -0.1) is 0 Å². The minimum Gasteiger partial charge on any atom is -0.462 e. The van der Waals surface area contributed by atoms with E-state index in [-0.39, 0.29) is 31.1 Å². The highest BCUT2D eigenvalue weighted by molar-refractivity contribution is 9.10. The summed E-state index contributed by atoms with van der Waals surface area (Å²) in [4.78, 5) is 48.1. The molecule has 2 amide bonds. The summed E-state index contributed by atoms with van der Waals surface area (Å²) in [6, 6.07) is 11.9. The van der Waals surface area contributed by atoms with E-state index < -0.39 is 24.5 Å². The molecule has 0 atom stereocenters. The number of ether oxygens (including phenoxy) is 2. The Bertz CT molecular complexity index is 1040. The summed E-state index contributed by atoms with van der Waals surface area (Å²) in [6.45, 7) is 5.84. The summed E-state index contributed by atoms with van der Waals surface area (Å²) < 4.78 is 11.1. The number of amides is 2. The van der Waals surface area contributed by atoms with Crippen LogP contribution in [-0.2, 0) is 30.3 Å². The molecule has 0 radical (unpaired) electrons. The van der Waals surface area contributed by atoms with E-state index in [1.165, 1.54) is 0 Å². The summed E-state index contributed by atoms with van der Waals surface area (Å²) in [5, 5.41) is 5.45. The molecule has 0 bridgehead atoms. The van der Waals surface area contributed by atoms with Gasteiger partial charge in [0, 0.05) is 28.7 Å². The zero-order valence-corrected chi connectivity index (χ0v) is 21.8. The second-order valence-corrected chi connectivity index (χ2v) is 9.25. The van der Waals surface area contributed by atoms with E-state index in [0.717, 1.165) is 16.5 Å². The maximum atomic E-state index is 12.1. The molecule has 2 rings (SSSR count). The normalized spacial score (nSPS) is 10.5. The summed E-state index contributed by atoms with van der Waals surface area (Å²) in [6.07, 6.45) is 1.14. The van der Waals surface area contributed by atoms with E-state index >= 15 is 0 Å². The molecule has 2 aromatic rings. The van der Waals surface area contributed by atoms with Crippen molar-refractivity contribution < 1.29 is 28.7 Å². The average molecular weight is 547 g/mol. The molecule has 0 spiro atoms. The van der Waals surface area contributed by atoms with Crippen LogP contribution in [-0.4, -0.2) is 37.0 Å². The van der Waals surface area contributed by atoms with Crippen molar-refractivity contribution in [3.05, 3.63) is 58.1 Å². The van der Waals surface area contributed by atoms with Crippen molar-refractivity contribution in [1.82, 2.24) is 0 Å². The lowest BCUT2D eigenvalue weighted by molar-refractivity contribution is -0.147. The van der Waals surface area contributed by atoms with E-state index in [1.54, 1.807) is 30.3 Å². The number of hydrogen-bond acceptors (Lipinski definition) is 6. The molecular weight excluding hydrogens is 516 g/mol. The average Bonchev–Trinajstić information content (AvgIpc) is 2.82. The molecule has 0 unspecified atom stereocenters. The van der Waals surface area contributed by atoms with Crippen LogP contribution < -0.4 is 10.6 Å². The third-order valence-corrected chi connectivity index (χ3v) is 5.32. The molecule has 8 nitrogen and oxygen atoms in total. The maximum absolute atomic E-state index is 12.1. The van der Waals surface area contributed by atoms with Crippen molar-refractivity contribution in [3.8, 4) is 0 Å². The Hall–Kier alpha value is -3.20. The molecule has 2 N–H and O–H groups in total. The standard InChI is InChI=1S/C26H31BrN2O6/c1-4-18-14-20(27)10-13-22(18)29-24(31)16-34-25(32)7-5-6-23(30)28-21-11-8-19(9-12-21)26(33)35-15-17(2)3/h8-14,17H,4-7,15-16H2,1-3H3,(H,28,30)(H,29,31). The van der Waals surface area contributed by atoms with Crippen molar-refractivity contribution >= 4 is 51.1 Å². The fourth-order valence-corrected chi connectivity index (χ4v) is 3.42. The number of nitrogens with one attached hydrogen (secondary N) is 2. The Kier molecular flexibility index (Phi) is 11.4. The van der Waals surface area contributed by atoms with E-state index in [0.29, 0.717) is 23.5 Å². The van der Waals surface area contributed by atoms with Crippen LogP contribution in [0.5, 0.6) is 0 Å². The van der Waals surface area contributed by atoms with Crippen molar-refractivity contribution in [1.29, 1.82) is 0 Å². The smallest absolute Gasteiger partial charge is 0.338 e. The van der Waals surface area contributed by atoms with Crippen LogP contribution in [0.15, 0.2) is 46.9 Å². The largest absolute Gasteiger partial charge is 0.462 e. The SMILES string of the molecule is CCc1cc(Br)ccc1NC(=O)COC(=O)CCCC(=O)Nc1ccc(C(=O)OCC(C)C)cc1. The van der Waals surface area contributed by atoms with Crippen LogP contribution in [0, 0.1) is 5.92 Å². The van der Waals surface area contributed by atoms with Gasteiger partial charge in [-0.2, -0.15) is 0 Å². The molecule has 0 aliphatic carbocycles. The molecule has 0 heterocycles. The number of carbonyl (C=O) groups is 4. The molecule has 0 fully saturated rings. The van der Waals surface area contributed by atoms with Crippen LogP contribution in [0.3, 0.4) is 0 Å². The van der Waals surface area contributed by atoms with E-state index in [2.05, 4.69) is 26.6 Å². The van der Waals surface area contributed by atoms with Gasteiger partial charge in [0.2, 0.25) is 5.91 Å². The van der Waals surface area contributed by atoms with Gasteiger partial charge in [0.15, 0.2) is 6.61 Å². The van der Waals surface area contributed by atoms with Crippen LogP contribution in [0.4, 0.5) is 11.4 Å². The first-order valence-electron chi connectivity index (χ1n) is 11.5. The monoisotopic (exact) mass is 546 g/mol. The van der Waals surface area contributed by atoms with Gasteiger partial charge in [0.05, 0.1) is 12.2 Å². The van der Waals surface area contributed by atoms with Crippen LogP contribution >= 0.6 is 15.9 Å². The van der Waals surface area contributed by atoms with Gasteiger partial charge in [-0.1, -0.05) is 36.7 Å². The number of halogens is 1. The minimum atomic E-state index is -0.552. The summed E-state index contributed by atoms with van der Waals surface area (Å²) >= 11 is 3.40. The number of rotatable bonds is 12. The molecule has 188 valence electrons. The Morgan fingerprint density at radius 3 is 2.29 bits per heavy atom. The lowest BCUT2D eigenvalue weighted by Crippen LogP contribution is -2.21. The van der Waals surface area contributed by atoms with Crippen molar-refractivity contribution in [2.24, 2.45) is 5.92 Å². The lowest BCUT2D eigenvalue weighted by Gasteiger charge is -2.11. The zero-order valence-electron chi connectivity index (χ0n) is 20.2. The number of anilines is 2. The number of benzene rings is 2. The van der Waals surface area contributed by atoms with Gasteiger partial charge in [0.25, 0.3) is 5.91 Å². The highest BCUT2D eigenvalue weighted by atomic mass is 79.9. The summed E-state index contributed by atoms with van der Waals surface area (Å²) in [5.41, 5.74) is 2.58. The Labute approximate surface area is 213 Å². The third-order valence-electron chi connectivity index (χ3n) is 4.82. The molecule has 2 aromatic carbocycles. The molecule has 9 heteroatoms. The first-order valence-corrected chi connectivity index (χ1v) is 12.3. The topological polar surface area (TPSA) is 111 Å². The highest BCUT2D eigenvalue weighted by Gasteiger charge is 2.12. The van der Waals surface area contributed by atoms with Gasteiger partial charge in [-0.25, -0.2) is 4.79 Å². The van der Waals surface area contributed by atoms with Gasteiger partial charge in [-0.3, -0.25) is 14.4 Å². The number of hydrogen-bond donors (Lipinski definition) is 2. The predicted molar refractivity (Wildman–Crippen MR) is 137 cm³/mol. The highest BCUT2D eigenvalue weighted by Crippen LogP contribution is 2.21. The van der Waals surface area contributed by atoms with E-state index in [9.17, 15) is 19.2 Å². The van der Waals surface area contributed by atoms with E-state index in [4.69, 9.17) is 9.47 Å². The summed E-state index contributed by atoms with van der Waals surface area (Å²) in [5.74, 6) is -1.41. The zero-order chi connectivity index (χ0) is 25.8. The van der Waals surface area contributed by atoms with Crippen LogP contribution in [0.2, 0.25) is 0 Å². The number of carbonyl (C=O) groups excluding carboxylic acids is 4. The Balaban J connectivity index is 1.67. The number of esters is 2. The fraction of sp³-hybridized carbons (Fsp3) is 0.385. The molecular formula is C26H31BrN2O6. The van der Waals surface area contributed by atoms with E-state index in [1.807, 2.05) is 32.9 Å². The van der Waals surface area contributed by atoms with Crippen LogP contribution in [0.1, 0.15) is 56.0 Å². The Morgan fingerprint density at radius 1 is 0.914 bits per heavy atom. The predicted octanol–water partition coefficient (Wildman–Crippen LogP) is 5.12. The summed E-state index contributed by atoms with van der Waals surface area (Å²) in [7, 11) is 0. The van der Waals surface area contributed by atoms with Crippen molar-refractivity contribution in [2.75, 3.05) is 23.8 Å². The number of aryl methyl sites for hydroxylation is 1. The van der Waals surface area contributed by atoms with Crippen molar-refractivity contribution in [2.45, 2.75) is 46.5 Å². The Morgan fingerprint density at radius 2 is 1.63 bits per heavy atom. The fourth-order valence-electron chi connectivity index (χ4n) is 3.01. The first kappa shape index (κ1) is 28.0.